The van der Waals surface area contributed by atoms with Gasteiger partial charge in [0.25, 0.3) is 17.5 Å². The lowest BCUT2D eigenvalue weighted by Gasteiger charge is -2.09. The van der Waals surface area contributed by atoms with Crippen molar-refractivity contribution in [3.05, 3.63) is 104 Å². The first-order valence-electron chi connectivity index (χ1n) is 10.0. The molecule has 0 saturated carbocycles. The number of halogens is 1. The molecular weight excluding hydrogens is 520 g/mol. The van der Waals surface area contributed by atoms with Gasteiger partial charge in [0.15, 0.2) is 11.5 Å². The van der Waals surface area contributed by atoms with Crippen LogP contribution in [0.2, 0.25) is 0 Å². The number of amides is 2. The van der Waals surface area contributed by atoms with Crippen molar-refractivity contribution in [1.29, 1.82) is 0 Å². The Morgan fingerprint density at radius 3 is 2.40 bits per heavy atom. The fourth-order valence-corrected chi connectivity index (χ4v) is 3.31. The van der Waals surface area contributed by atoms with E-state index in [4.69, 9.17) is 4.74 Å². The molecule has 0 radical (unpaired) electrons. The van der Waals surface area contributed by atoms with Crippen LogP contribution in [-0.2, 0) is 4.79 Å². The Kier molecular flexibility index (Phi) is 8.30. The molecule has 3 aromatic rings. The minimum Gasteiger partial charge on any atom is -0.503 e. The number of methoxy groups -OCH3 is 1. The number of hydrogen-bond acceptors (Lipinski definition) is 7. The van der Waals surface area contributed by atoms with Crippen LogP contribution in [0.1, 0.15) is 21.5 Å². The Bertz CT molecular complexity index is 1310. The largest absolute Gasteiger partial charge is 0.503 e. The molecule has 0 aliphatic heterocycles. The average Bonchev–Trinajstić information content (AvgIpc) is 2.86. The molecule has 2 amide bonds. The van der Waals surface area contributed by atoms with Crippen LogP contribution in [0.4, 0.5) is 5.69 Å². The molecule has 0 bridgehead atoms. The molecule has 0 fully saturated rings. The Morgan fingerprint density at radius 1 is 1.09 bits per heavy atom. The maximum absolute atomic E-state index is 12.8. The zero-order chi connectivity index (χ0) is 25.4. The van der Waals surface area contributed by atoms with Gasteiger partial charge >= 0.3 is 0 Å². The van der Waals surface area contributed by atoms with Crippen LogP contribution in [0.25, 0.3) is 6.08 Å². The zero-order valence-electron chi connectivity index (χ0n) is 18.3. The van der Waals surface area contributed by atoms with Gasteiger partial charge < -0.3 is 15.2 Å². The molecule has 0 aliphatic carbocycles. The van der Waals surface area contributed by atoms with Crippen LogP contribution in [0.15, 0.2) is 82.0 Å². The lowest BCUT2D eigenvalue weighted by molar-refractivity contribution is -0.384. The highest BCUT2D eigenvalue weighted by molar-refractivity contribution is 9.10. The lowest BCUT2D eigenvalue weighted by atomic mass is 10.1. The molecule has 3 N–H and O–H groups in total. The quantitative estimate of drug-likeness (QED) is 0.171. The summed E-state index contributed by atoms with van der Waals surface area (Å²) in [7, 11) is 1.40. The predicted octanol–water partition coefficient (Wildman–Crippen LogP) is 3.99. The summed E-state index contributed by atoms with van der Waals surface area (Å²) in [5.74, 6) is -1.12. The van der Waals surface area contributed by atoms with Crippen LogP contribution in [-0.4, -0.2) is 35.2 Å². The molecule has 3 aromatic carbocycles. The van der Waals surface area contributed by atoms with Crippen molar-refractivity contribution in [3.63, 3.8) is 0 Å². The van der Waals surface area contributed by atoms with Gasteiger partial charge in [0.05, 0.1) is 22.7 Å². The summed E-state index contributed by atoms with van der Waals surface area (Å²) in [6, 6.07) is 16.8. The summed E-state index contributed by atoms with van der Waals surface area (Å²) in [4.78, 5) is 35.8. The summed E-state index contributed by atoms with van der Waals surface area (Å²) in [5.41, 5.74) is 3.39. The molecule has 0 aromatic heterocycles. The van der Waals surface area contributed by atoms with Gasteiger partial charge in [-0.2, -0.15) is 5.10 Å². The van der Waals surface area contributed by atoms with Crippen LogP contribution in [0.3, 0.4) is 0 Å². The van der Waals surface area contributed by atoms with E-state index in [1.807, 2.05) is 0 Å². The van der Waals surface area contributed by atoms with Gasteiger partial charge in [0.1, 0.15) is 5.70 Å². The molecule has 0 atom stereocenters. The van der Waals surface area contributed by atoms with Gasteiger partial charge in [-0.15, -0.1) is 0 Å². The first-order chi connectivity index (χ1) is 16.8. The highest BCUT2D eigenvalue weighted by atomic mass is 79.9. The zero-order valence-corrected chi connectivity index (χ0v) is 19.9. The summed E-state index contributed by atoms with van der Waals surface area (Å²) in [5, 5.41) is 27.2. The topological polar surface area (TPSA) is 143 Å². The molecule has 0 unspecified atom stereocenters. The third kappa shape index (κ3) is 6.74. The van der Waals surface area contributed by atoms with Crippen molar-refractivity contribution < 1.29 is 24.4 Å². The number of benzene rings is 3. The van der Waals surface area contributed by atoms with E-state index in [1.165, 1.54) is 49.7 Å². The van der Waals surface area contributed by atoms with Crippen molar-refractivity contribution >= 4 is 45.7 Å². The molecule has 0 aliphatic rings. The first-order valence-corrected chi connectivity index (χ1v) is 10.8. The van der Waals surface area contributed by atoms with Gasteiger partial charge in [-0.1, -0.05) is 18.2 Å². The minimum absolute atomic E-state index is 0.0781. The molecule has 0 heterocycles. The van der Waals surface area contributed by atoms with Gasteiger partial charge in [0.2, 0.25) is 0 Å². The molecule has 35 heavy (non-hydrogen) atoms. The number of carbonyl (C=O) groups is 2. The van der Waals surface area contributed by atoms with Gasteiger partial charge in [-0.25, -0.2) is 5.43 Å². The predicted molar refractivity (Wildman–Crippen MR) is 133 cm³/mol. The minimum atomic E-state index is -0.728. The van der Waals surface area contributed by atoms with Crippen molar-refractivity contribution in [1.82, 2.24) is 10.7 Å². The number of phenols is 1. The van der Waals surface area contributed by atoms with E-state index in [-0.39, 0.29) is 22.9 Å². The fraction of sp³-hybridized carbons (Fsp3) is 0.0417. The lowest BCUT2D eigenvalue weighted by Crippen LogP contribution is -2.32. The number of nitrogens with one attached hydrogen (secondary N) is 2. The normalized spacial score (nSPS) is 11.2. The first kappa shape index (κ1) is 25.1. The number of carbonyl (C=O) groups excluding carboxylic acids is 2. The fourth-order valence-electron chi connectivity index (χ4n) is 2.85. The van der Waals surface area contributed by atoms with Gasteiger partial charge in [0, 0.05) is 17.7 Å². The third-order valence-corrected chi connectivity index (χ3v) is 5.20. The van der Waals surface area contributed by atoms with Crippen molar-refractivity contribution in [3.8, 4) is 11.5 Å². The number of phenolic OH excluding ortho intramolecular Hbond substituents is 1. The highest BCUT2D eigenvalue weighted by Gasteiger charge is 2.15. The third-order valence-electron chi connectivity index (χ3n) is 4.59. The van der Waals surface area contributed by atoms with Crippen molar-refractivity contribution in [2.75, 3.05) is 7.11 Å². The van der Waals surface area contributed by atoms with Crippen molar-refractivity contribution in [2.45, 2.75) is 0 Å². The van der Waals surface area contributed by atoms with E-state index in [2.05, 4.69) is 31.8 Å². The van der Waals surface area contributed by atoms with E-state index in [1.54, 1.807) is 36.4 Å². The SMILES string of the molecule is COc1cc(C=NNC(=O)/C(=C\c2ccc([N+](=O)[O-])cc2)NC(=O)c2ccccc2)cc(Br)c1O. The van der Waals surface area contributed by atoms with Crippen LogP contribution >= 0.6 is 15.9 Å². The number of non-ortho nitro benzene ring substituents is 1. The molecule has 0 saturated heterocycles. The molecule has 178 valence electrons. The second-order valence-corrected chi connectivity index (χ2v) is 7.83. The van der Waals surface area contributed by atoms with Gasteiger partial charge in [-0.3, -0.25) is 19.7 Å². The maximum Gasteiger partial charge on any atom is 0.287 e. The van der Waals surface area contributed by atoms with Crippen LogP contribution < -0.4 is 15.5 Å². The second-order valence-electron chi connectivity index (χ2n) is 6.98. The second kappa shape index (κ2) is 11.6. The number of nitro benzene ring substituents is 1. The number of rotatable bonds is 8. The van der Waals surface area contributed by atoms with E-state index in [9.17, 15) is 24.8 Å². The number of nitrogens with zero attached hydrogens (tertiary/aromatic N) is 2. The van der Waals surface area contributed by atoms with Crippen molar-refractivity contribution in [2.24, 2.45) is 5.10 Å². The number of ether oxygens (including phenoxy) is 1. The number of hydrazone groups is 1. The Morgan fingerprint density at radius 2 is 1.77 bits per heavy atom. The Hall–Kier alpha value is -4.51. The number of nitro groups is 1. The standard InChI is InChI=1S/C24H19BrN4O6/c1-35-21-13-16(11-19(25)22(21)30)14-26-28-24(32)20(27-23(31)17-5-3-2-4-6-17)12-15-7-9-18(10-8-15)29(33)34/h2-14,30H,1H3,(H,27,31)(H,28,32)/b20-12+,26-14?. The maximum atomic E-state index is 12.8. The average molecular weight is 539 g/mol. The summed E-state index contributed by atoms with van der Waals surface area (Å²) < 4.78 is 5.45. The Labute approximate surface area is 208 Å². The highest BCUT2D eigenvalue weighted by Crippen LogP contribution is 2.34. The van der Waals surface area contributed by atoms with E-state index in [0.717, 1.165) is 0 Å². The van der Waals surface area contributed by atoms with Gasteiger partial charge in [-0.05, 0) is 69.5 Å². The molecule has 11 heteroatoms. The van der Waals surface area contributed by atoms with E-state index in [0.29, 0.717) is 21.2 Å². The summed E-state index contributed by atoms with van der Waals surface area (Å²) in [6.45, 7) is 0. The van der Waals surface area contributed by atoms with E-state index >= 15 is 0 Å². The molecule has 10 nitrogen and oxygen atoms in total. The summed E-state index contributed by atoms with van der Waals surface area (Å²) >= 11 is 3.20. The number of hydrogen-bond donors (Lipinski definition) is 3. The molecular formula is C24H19BrN4O6. The number of aromatic hydroxyl groups is 1. The smallest absolute Gasteiger partial charge is 0.287 e. The Balaban J connectivity index is 1.84. The summed E-state index contributed by atoms with van der Waals surface area (Å²) in [6.07, 6.45) is 2.70. The molecule has 3 rings (SSSR count). The molecule has 0 spiro atoms. The van der Waals surface area contributed by atoms with Crippen LogP contribution in [0, 0.1) is 10.1 Å². The van der Waals surface area contributed by atoms with E-state index < -0.39 is 16.7 Å². The van der Waals surface area contributed by atoms with Crippen LogP contribution in [0.5, 0.6) is 11.5 Å². The monoisotopic (exact) mass is 538 g/mol.